The standard InChI is InChI=1S/C16H15F3N4O3/c1-23(7-6-12-21-15(26-22-12)16(17,18)19)13(24)8-11-9-4-2-3-5-10(9)14(25)20-11/h2-5,11H,6-8H2,1H3,(H,20,25)/t11-/m0/s1. The quantitative estimate of drug-likeness (QED) is 0.872. The van der Waals surface area contributed by atoms with Crippen LogP contribution >= 0.6 is 0 Å². The van der Waals surface area contributed by atoms with E-state index in [2.05, 4.69) is 20.0 Å². The van der Waals surface area contributed by atoms with Gasteiger partial charge < -0.3 is 14.7 Å². The molecule has 0 bridgehead atoms. The van der Waals surface area contributed by atoms with Gasteiger partial charge in [0.2, 0.25) is 5.91 Å². The average molecular weight is 368 g/mol. The topological polar surface area (TPSA) is 88.3 Å². The third kappa shape index (κ3) is 3.68. The second-order valence-corrected chi connectivity index (χ2v) is 5.90. The number of nitrogens with one attached hydrogen (secondary N) is 1. The minimum Gasteiger partial charge on any atom is -0.345 e. The molecule has 3 rings (SSSR count). The molecule has 7 nitrogen and oxygen atoms in total. The smallest absolute Gasteiger partial charge is 0.345 e. The Morgan fingerprint density at radius 2 is 2.08 bits per heavy atom. The van der Waals surface area contributed by atoms with E-state index in [0.29, 0.717) is 5.56 Å². The number of carbonyl (C=O) groups is 2. The van der Waals surface area contributed by atoms with E-state index in [-0.39, 0.29) is 37.0 Å². The van der Waals surface area contributed by atoms with Crippen LogP contribution in [0.4, 0.5) is 13.2 Å². The van der Waals surface area contributed by atoms with Crippen LogP contribution in [0, 0.1) is 0 Å². The van der Waals surface area contributed by atoms with E-state index in [1.807, 2.05) is 0 Å². The molecule has 0 saturated heterocycles. The van der Waals surface area contributed by atoms with Gasteiger partial charge in [-0.05, 0) is 11.6 Å². The number of aromatic nitrogens is 2. The van der Waals surface area contributed by atoms with Crippen molar-refractivity contribution in [1.82, 2.24) is 20.4 Å². The zero-order chi connectivity index (χ0) is 18.9. The van der Waals surface area contributed by atoms with Gasteiger partial charge in [0.15, 0.2) is 5.82 Å². The van der Waals surface area contributed by atoms with Gasteiger partial charge in [-0.25, -0.2) is 0 Å². The van der Waals surface area contributed by atoms with Gasteiger partial charge in [-0.15, -0.1) is 0 Å². The molecule has 10 heteroatoms. The van der Waals surface area contributed by atoms with Crippen LogP contribution < -0.4 is 5.32 Å². The predicted octanol–water partition coefficient (Wildman–Crippen LogP) is 1.96. The molecule has 1 aromatic carbocycles. The lowest BCUT2D eigenvalue weighted by atomic mass is 10.0. The van der Waals surface area contributed by atoms with Crippen LogP contribution in [0.5, 0.6) is 0 Å². The SMILES string of the molecule is CN(CCc1noc(C(F)(F)F)n1)C(=O)C[C@@H]1NC(=O)c2ccccc21. The highest BCUT2D eigenvalue weighted by Crippen LogP contribution is 2.28. The summed E-state index contributed by atoms with van der Waals surface area (Å²) < 4.78 is 41.4. The Balaban J connectivity index is 1.56. The van der Waals surface area contributed by atoms with Gasteiger partial charge in [0.25, 0.3) is 5.91 Å². The van der Waals surface area contributed by atoms with Crippen LogP contribution in [0.15, 0.2) is 28.8 Å². The monoisotopic (exact) mass is 368 g/mol. The summed E-state index contributed by atoms with van der Waals surface area (Å²) in [6.07, 6.45) is -4.62. The minimum atomic E-state index is -4.69. The van der Waals surface area contributed by atoms with Gasteiger partial charge in [-0.1, -0.05) is 23.4 Å². The number of likely N-dealkylation sites (N-methyl/N-ethyl adjacent to an activating group) is 1. The number of benzene rings is 1. The van der Waals surface area contributed by atoms with Crippen LogP contribution in [0.1, 0.15) is 40.1 Å². The Bertz CT molecular complexity index is 834. The summed E-state index contributed by atoms with van der Waals surface area (Å²) in [6, 6.07) is 6.58. The molecule has 1 atom stereocenters. The van der Waals surface area contributed by atoms with E-state index in [0.717, 1.165) is 5.56 Å². The number of nitrogens with zero attached hydrogens (tertiary/aromatic N) is 3. The molecule has 1 aliphatic heterocycles. The number of hydrogen-bond donors (Lipinski definition) is 1. The summed E-state index contributed by atoms with van der Waals surface area (Å²) in [4.78, 5) is 28.8. The largest absolute Gasteiger partial charge is 0.471 e. The van der Waals surface area contributed by atoms with E-state index >= 15 is 0 Å². The van der Waals surface area contributed by atoms with E-state index < -0.39 is 18.1 Å². The van der Waals surface area contributed by atoms with E-state index in [4.69, 9.17) is 0 Å². The number of amides is 2. The average Bonchev–Trinajstić information content (AvgIpc) is 3.18. The molecule has 26 heavy (non-hydrogen) atoms. The van der Waals surface area contributed by atoms with Gasteiger partial charge in [0, 0.05) is 25.6 Å². The fourth-order valence-corrected chi connectivity index (χ4v) is 2.68. The molecule has 2 heterocycles. The van der Waals surface area contributed by atoms with E-state index in [1.165, 1.54) is 11.9 Å². The van der Waals surface area contributed by atoms with Crippen LogP contribution in [0.25, 0.3) is 0 Å². The molecule has 0 unspecified atom stereocenters. The first-order valence-corrected chi connectivity index (χ1v) is 7.79. The maximum Gasteiger partial charge on any atom is 0.471 e. The Labute approximate surface area is 146 Å². The van der Waals surface area contributed by atoms with Crippen molar-refractivity contribution in [3.8, 4) is 0 Å². The highest BCUT2D eigenvalue weighted by Gasteiger charge is 2.38. The van der Waals surface area contributed by atoms with Crippen molar-refractivity contribution in [2.24, 2.45) is 0 Å². The third-order valence-corrected chi connectivity index (χ3v) is 4.07. The molecule has 1 aromatic heterocycles. The second-order valence-electron chi connectivity index (χ2n) is 5.90. The Morgan fingerprint density at radius 1 is 1.35 bits per heavy atom. The highest BCUT2D eigenvalue weighted by atomic mass is 19.4. The fraction of sp³-hybridized carbons (Fsp3) is 0.375. The highest BCUT2D eigenvalue weighted by molar-refractivity contribution is 5.99. The van der Waals surface area contributed by atoms with Crippen LogP contribution in [-0.2, 0) is 17.4 Å². The van der Waals surface area contributed by atoms with Crippen molar-refractivity contribution in [3.05, 3.63) is 47.1 Å². The number of carbonyl (C=O) groups excluding carboxylic acids is 2. The molecule has 2 amide bonds. The molecule has 0 saturated carbocycles. The number of hydrogen-bond acceptors (Lipinski definition) is 5. The van der Waals surface area contributed by atoms with Crippen molar-refractivity contribution in [3.63, 3.8) is 0 Å². The van der Waals surface area contributed by atoms with E-state index in [1.54, 1.807) is 24.3 Å². The summed E-state index contributed by atoms with van der Waals surface area (Å²) in [6.45, 7) is 0.123. The lowest BCUT2D eigenvalue weighted by Gasteiger charge is -2.19. The number of fused-ring (bicyclic) bond motifs is 1. The van der Waals surface area contributed by atoms with Gasteiger partial charge in [-0.3, -0.25) is 9.59 Å². The molecule has 138 valence electrons. The van der Waals surface area contributed by atoms with Crippen LogP contribution in [0.3, 0.4) is 0 Å². The maximum absolute atomic E-state index is 12.4. The molecular weight excluding hydrogens is 353 g/mol. The van der Waals surface area contributed by atoms with Gasteiger partial charge in [0.05, 0.1) is 12.5 Å². The first-order valence-electron chi connectivity index (χ1n) is 7.79. The molecule has 1 aliphatic rings. The molecule has 0 aliphatic carbocycles. The van der Waals surface area contributed by atoms with E-state index in [9.17, 15) is 22.8 Å². The van der Waals surface area contributed by atoms with Crippen molar-refractivity contribution in [1.29, 1.82) is 0 Å². The van der Waals surface area contributed by atoms with Crippen LogP contribution in [-0.4, -0.2) is 40.4 Å². The molecule has 1 N–H and O–H groups in total. The third-order valence-electron chi connectivity index (χ3n) is 4.07. The molecular formula is C16H15F3N4O3. The summed E-state index contributed by atoms with van der Waals surface area (Å²) >= 11 is 0. The van der Waals surface area contributed by atoms with Gasteiger partial charge in [-0.2, -0.15) is 18.2 Å². The number of alkyl halides is 3. The zero-order valence-corrected chi connectivity index (χ0v) is 13.7. The normalized spacial score (nSPS) is 16.3. The Morgan fingerprint density at radius 3 is 2.77 bits per heavy atom. The number of rotatable bonds is 5. The van der Waals surface area contributed by atoms with Crippen molar-refractivity contribution >= 4 is 11.8 Å². The fourth-order valence-electron chi connectivity index (χ4n) is 2.68. The molecule has 2 aromatic rings. The number of halogens is 3. The lowest BCUT2D eigenvalue weighted by Crippen LogP contribution is -2.32. The van der Waals surface area contributed by atoms with Crippen molar-refractivity contribution in [2.45, 2.75) is 25.1 Å². The van der Waals surface area contributed by atoms with Gasteiger partial charge in [0.1, 0.15) is 0 Å². The van der Waals surface area contributed by atoms with Gasteiger partial charge >= 0.3 is 12.1 Å². The van der Waals surface area contributed by atoms with Crippen LogP contribution in [0.2, 0.25) is 0 Å². The Kier molecular flexibility index (Phi) is 4.66. The minimum absolute atomic E-state index is 0.0232. The van der Waals surface area contributed by atoms with Crippen molar-refractivity contribution in [2.75, 3.05) is 13.6 Å². The summed E-state index contributed by atoms with van der Waals surface area (Å²) in [5.74, 6) is -2.03. The van der Waals surface area contributed by atoms with Crippen molar-refractivity contribution < 1.29 is 27.3 Å². The summed E-state index contributed by atoms with van der Waals surface area (Å²) in [5.41, 5.74) is 1.30. The summed E-state index contributed by atoms with van der Waals surface area (Å²) in [5, 5.41) is 6.00. The lowest BCUT2D eigenvalue weighted by molar-refractivity contribution is -0.159. The predicted molar refractivity (Wildman–Crippen MR) is 81.9 cm³/mol. The molecule has 0 radical (unpaired) electrons. The second kappa shape index (κ2) is 6.77. The first kappa shape index (κ1) is 17.9. The molecule has 0 fully saturated rings. The summed E-state index contributed by atoms with van der Waals surface area (Å²) in [7, 11) is 1.52. The maximum atomic E-state index is 12.4. The first-order chi connectivity index (χ1) is 12.3. The molecule has 0 spiro atoms. The zero-order valence-electron chi connectivity index (χ0n) is 13.7. The Hall–Kier alpha value is -2.91.